The number of ketones is 1. The van der Waals surface area contributed by atoms with Crippen molar-refractivity contribution < 1.29 is 14.7 Å². The molecule has 0 saturated carbocycles. The normalized spacial score (nSPS) is 17.8. The van der Waals surface area contributed by atoms with Gasteiger partial charge < -0.3 is 14.8 Å². The van der Waals surface area contributed by atoms with Crippen LogP contribution in [0.3, 0.4) is 0 Å². The van der Waals surface area contributed by atoms with Crippen LogP contribution in [0.25, 0.3) is 0 Å². The zero-order valence-electron chi connectivity index (χ0n) is 9.24. The predicted molar refractivity (Wildman–Crippen MR) is 56.9 cm³/mol. The van der Waals surface area contributed by atoms with Gasteiger partial charge in [0.1, 0.15) is 5.78 Å². The highest BCUT2D eigenvalue weighted by molar-refractivity contribution is 5.75. The van der Waals surface area contributed by atoms with Crippen LogP contribution in [-0.4, -0.2) is 35.0 Å². The summed E-state index contributed by atoms with van der Waals surface area (Å²) in [5.74, 6) is 0.859. The molecule has 0 aromatic rings. The first-order chi connectivity index (χ1) is 7.09. The second-order valence-corrected chi connectivity index (χ2v) is 4.31. The molecule has 0 aromatic heterocycles. The molecule has 1 heterocycles. The molecular weight excluding hydrogens is 194 g/mol. The summed E-state index contributed by atoms with van der Waals surface area (Å²) in [6.07, 6.45) is 3.77. The summed E-state index contributed by atoms with van der Waals surface area (Å²) in [5.41, 5.74) is 0. The van der Waals surface area contributed by atoms with Crippen LogP contribution in [0.1, 0.15) is 39.0 Å². The van der Waals surface area contributed by atoms with E-state index in [4.69, 9.17) is 5.11 Å². The highest BCUT2D eigenvalue weighted by Gasteiger charge is 2.21. The highest BCUT2D eigenvalue weighted by atomic mass is 16.4. The Morgan fingerprint density at radius 1 is 1.33 bits per heavy atom. The summed E-state index contributed by atoms with van der Waals surface area (Å²) >= 11 is 0. The monoisotopic (exact) mass is 213 g/mol. The Morgan fingerprint density at radius 3 is 2.40 bits per heavy atom. The van der Waals surface area contributed by atoms with Crippen molar-refractivity contribution in [1.82, 2.24) is 4.90 Å². The Bertz CT molecular complexity index is 229. The zero-order chi connectivity index (χ0) is 11.3. The average Bonchev–Trinajstić information content (AvgIpc) is 2.18. The highest BCUT2D eigenvalue weighted by Crippen LogP contribution is 2.22. The Kier molecular flexibility index (Phi) is 4.59. The van der Waals surface area contributed by atoms with Crippen molar-refractivity contribution in [2.45, 2.75) is 39.0 Å². The summed E-state index contributed by atoms with van der Waals surface area (Å²) in [4.78, 5) is 22.9. The molecule has 0 aliphatic carbocycles. The van der Waals surface area contributed by atoms with Gasteiger partial charge in [0.15, 0.2) is 0 Å². The zero-order valence-corrected chi connectivity index (χ0v) is 9.24. The fraction of sp³-hybridized carbons (Fsp3) is 0.818. The number of rotatable bonds is 4. The van der Waals surface area contributed by atoms with Gasteiger partial charge in [-0.05, 0) is 38.5 Å². The molecule has 15 heavy (non-hydrogen) atoms. The van der Waals surface area contributed by atoms with Crippen LogP contribution in [0.5, 0.6) is 0 Å². The maximum atomic E-state index is 10.7. The smallest absolute Gasteiger partial charge is 0.407 e. The van der Waals surface area contributed by atoms with Gasteiger partial charge in [0.2, 0.25) is 0 Å². The molecule has 1 N–H and O–H groups in total. The number of amides is 1. The molecular formula is C11H19NO3. The molecule has 0 bridgehead atoms. The fourth-order valence-corrected chi connectivity index (χ4v) is 2.05. The largest absolute Gasteiger partial charge is 0.465 e. The third-order valence-corrected chi connectivity index (χ3v) is 3.03. The van der Waals surface area contributed by atoms with Gasteiger partial charge in [0.25, 0.3) is 0 Å². The maximum Gasteiger partial charge on any atom is 0.407 e. The molecule has 1 amide bonds. The van der Waals surface area contributed by atoms with Crippen molar-refractivity contribution in [3.05, 3.63) is 0 Å². The van der Waals surface area contributed by atoms with E-state index in [0.29, 0.717) is 25.4 Å². The van der Waals surface area contributed by atoms with Crippen molar-refractivity contribution >= 4 is 11.9 Å². The minimum atomic E-state index is -0.808. The molecule has 0 aromatic carbocycles. The molecule has 0 atom stereocenters. The van der Waals surface area contributed by atoms with E-state index >= 15 is 0 Å². The third-order valence-electron chi connectivity index (χ3n) is 3.03. The summed E-state index contributed by atoms with van der Waals surface area (Å²) in [6.45, 7) is 2.92. The van der Waals surface area contributed by atoms with Crippen LogP contribution in [0.2, 0.25) is 0 Å². The fourth-order valence-electron chi connectivity index (χ4n) is 2.05. The molecule has 4 heteroatoms. The second-order valence-electron chi connectivity index (χ2n) is 4.31. The minimum Gasteiger partial charge on any atom is -0.465 e. The van der Waals surface area contributed by atoms with Gasteiger partial charge in [-0.3, -0.25) is 0 Å². The van der Waals surface area contributed by atoms with Crippen LogP contribution in [-0.2, 0) is 4.79 Å². The van der Waals surface area contributed by atoms with Crippen LogP contribution < -0.4 is 0 Å². The molecule has 4 nitrogen and oxygen atoms in total. The lowest BCUT2D eigenvalue weighted by molar-refractivity contribution is -0.117. The van der Waals surface area contributed by atoms with Crippen LogP contribution in [0, 0.1) is 5.92 Å². The molecule has 1 fully saturated rings. The van der Waals surface area contributed by atoms with Gasteiger partial charge in [0, 0.05) is 19.5 Å². The molecule has 0 unspecified atom stereocenters. The number of Topliss-reactive ketones (excluding diaryl/α,β-unsaturated/α-hetero) is 1. The van der Waals surface area contributed by atoms with Crippen molar-refractivity contribution in [1.29, 1.82) is 0 Å². The minimum absolute atomic E-state index is 0.248. The quantitative estimate of drug-likeness (QED) is 0.778. The topological polar surface area (TPSA) is 57.6 Å². The number of carbonyl (C=O) groups excluding carboxylic acids is 1. The summed E-state index contributed by atoms with van der Waals surface area (Å²) in [7, 11) is 0. The van der Waals surface area contributed by atoms with E-state index in [-0.39, 0.29) is 5.78 Å². The Balaban J connectivity index is 2.14. The molecule has 1 rings (SSSR count). The van der Waals surface area contributed by atoms with E-state index in [1.165, 1.54) is 4.90 Å². The van der Waals surface area contributed by atoms with Gasteiger partial charge >= 0.3 is 6.09 Å². The number of carbonyl (C=O) groups is 2. The van der Waals surface area contributed by atoms with Gasteiger partial charge in [-0.25, -0.2) is 4.79 Å². The molecule has 0 spiro atoms. The van der Waals surface area contributed by atoms with E-state index in [1.807, 2.05) is 0 Å². The number of carboxylic acid groups (broad SMARTS) is 1. The average molecular weight is 213 g/mol. The summed E-state index contributed by atoms with van der Waals surface area (Å²) < 4.78 is 0. The first-order valence-corrected chi connectivity index (χ1v) is 5.57. The molecule has 1 aliphatic heterocycles. The third kappa shape index (κ3) is 4.32. The number of piperidine rings is 1. The Morgan fingerprint density at radius 2 is 1.93 bits per heavy atom. The van der Waals surface area contributed by atoms with Crippen molar-refractivity contribution in [2.24, 2.45) is 5.92 Å². The maximum absolute atomic E-state index is 10.7. The Hall–Kier alpha value is -1.06. The standard InChI is InChI=1S/C11H19NO3/c1-9(13)3-2-4-10-5-7-12(8-6-10)11(14)15/h10H,2-8H2,1H3,(H,14,15). The number of hydrogen-bond acceptors (Lipinski definition) is 2. The van der Waals surface area contributed by atoms with Crippen LogP contribution in [0.4, 0.5) is 4.79 Å². The van der Waals surface area contributed by atoms with Gasteiger partial charge in [0.05, 0.1) is 0 Å². The molecule has 1 aliphatic rings. The van der Waals surface area contributed by atoms with E-state index < -0.39 is 6.09 Å². The number of hydrogen-bond donors (Lipinski definition) is 1. The van der Waals surface area contributed by atoms with Crippen molar-refractivity contribution in [3.8, 4) is 0 Å². The molecule has 0 radical (unpaired) electrons. The first kappa shape index (κ1) is 12.0. The van der Waals surface area contributed by atoms with Crippen LogP contribution >= 0.6 is 0 Å². The van der Waals surface area contributed by atoms with E-state index in [1.54, 1.807) is 6.92 Å². The lowest BCUT2D eigenvalue weighted by Crippen LogP contribution is -2.37. The summed E-state index contributed by atoms with van der Waals surface area (Å²) in [5, 5.41) is 8.75. The molecule has 86 valence electrons. The van der Waals surface area contributed by atoms with E-state index in [9.17, 15) is 9.59 Å². The molecule has 1 saturated heterocycles. The number of likely N-dealkylation sites (tertiary alicyclic amines) is 1. The second kappa shape index (κ2) is 5.73. The Labute approximate surface area is 90.3 Å². The predicted octanol–water partition coefficient (Wildman–Crippen LogP) is 2.14. The SMILES string of the molecule is CC(=O)CCCC1CCN(C(=O)O)CC1. The number of nitrogens with zero attached hydrogens (tertiary/aromatic N) is 1. The first-order valence-electron chi connectivity index (χ1n) is 5.57. The summed E-state index contributed by atoms with van der Waals surface area (Å²) in [6, 6.07) is 0. The van der Waals surface area contributed by atoms with E-state index in [2.05, 4.69) is 0 Å². The lowest BCUT2D eigenvalue weighted by atomic mass is 9.91. The van der Waals surface area contributed by atoms with Crippen molar-refractivity contribution in [2.75, 3.05) is 13.1 Å². The lowest BCUT2D eigenvalue weighted by Gasteiger charge is -2.29. The van der Waals surface area contributed by atoms with Gasteiger partial charge in [-0.15, -0.1) is 0 Å². The van der Waals surface area contributed by atoms with Gasteiger partial charge in [-0.2, -0.15) is 0 Å². The van der Waals surface area contributed by atoms with E-state index in [0.717, 1.165) is 25.7 Å². The van der Waals surface area contributed by atoms with Crippen LogP contribution in [0.15, 0.2) is 0 Å². The van der Waals surface area contributed by atoms with Gasteiger partial charge in [-0.1, -0.05) is 0 Å². The van der Waals surface area contributed by atoms with Crippen molar-refractivity contribution in [3.63, 3.8) is 0 Å².